The van der Waals surface area contributed by atoms with Gasteiger partial charge < -0.3 is 5.32 Å². The van der Waals surface area contributed by atoms with Crippen LogP contribution in [0.1, 0.15) is 30.9 Å². The fraction of sp³-hybridized carbons (Fsp3) is 0.167. The number of carbonyl (C=O) groups is 1. The fourth-order valence-corrected chi connectivity index (χ4v) is 2.27. The molecule has 2 aromatic carbocycles. The molecule has 0 aliphatic rings. The normalized spacial score (nSPS) is 11.0. The molecule has 1 N–H and O–H groups in total. The van der Waals surface area contributed by atoms with Crippen molar-refractivity contribution in [3.63, 3.8) is 0 Å². The van der Waals surface area contributed by atoms with Crippen LogP contribution in [0.25, 0.3) is 6.08 Å². The van der Waals surface area contributed by atoms with Crippen molar-refractivity contribution < 1.29 is 4.79 Å². The highest BCUT2D eigenvalue weighted by molar-refractivity contribution is 6.30. The Morgan fingerprint density at radius 2 is 1.90 bits per heavy atom. The van der Waals surface area contributed by atoms with Gasteiger partial charge in [-0.15, -0.1) is 0 Å². The van der Waals surface area contributed by atoms with Crippen molar-refractivity contribution in [1.82, 2.24) is 0 Å². The van der Waals surface area contributed by atoms with Gasteiger partial charge in [0.1, 0.15) is 0 Å². The van der Waals surface area contributed by atoms with Crippen molar-refractivity contribution in [3.05, 3.63) is 70.8 Å². The lowest BCUT2D eigenvalue weighted by Gasteiger charge is -2.12. The fourth-order valence-electron chi connectivity index (χ4n) is 2.07. The molecule has 0 fully saturated rings. The molecule has 0 atom stereocenters. The SMILES string of the molecule is CC(C)c1ccccc1NC(=O)C=Cc1cccc(Cl)c1. The molecule has 0 saturated heterocycles. The van der Waals surface area contributed by atoms with Gasteiger partial charge in [-0.25, -0.2) is 0 Å². The highest BCUT2D eigenvalue weighted by Gasteiger charge is 2.07. The summed E-state index contributed by atoms with van der Waals surface area (Å²) in [5.74, 6) is 0.210. The first kappa shape index (κ1) is 15.3. The largest absolute Gasteiger partial charge is 0.322 e. The Bertz CT molecular complexity index is 662. The third kappa shape index (κ3) is 4.47. The third-order valence-corrected chi connectivity index (χ3v) is 3.35. The Kier molecular flexibility index (Phi) is 5.18. The third-order valence-electron chi connectivity index (χ3n) is 3.12. The van der Waals surface area contributed by atoms with Crippen LogP contribution in [0.3, 0.4) is 0 Å². The van der Waals surface area contributed by atoms with Gasteiger partial charge in [0.15, 0.2) is 0 Å². The van der Waals surface area contributed by atoms with Crippen molar-refractivity contribution in [2.24, 2.45) is 0 Å². The molecule has 0 unspecified atom stereocenters. The summed E-state index contributed by atoms with van der Waals surface area (Å²) < 4.78 is 0. The molecule has 2 nitrogen and oxygen atoms in total. The highest BCUT2D eigenvalue weighted by atomic mass is 35.5. The molecule has 0 aromatic heterocycles. The Balaban J connectivity index is 2.09. The van der Waals surface area contributed by atoms with Crippen molar-refractivity contribution in [1.29, 1.82) is 0 Å². The monoisotopic (exact) mass is 299 g/mol. The van der Waals surface area contributed by atoms with E-state index in [9.17, 15) is 4.79 Å². The van der Waals surface area contributed by atoms with Gasteiger partial charge in [0.2, 0.25) is 5.91 Å². The number of hydrogen-bond acceptors (Lipinski definition) is 1. The predicted molar refractivity (Wildman–Crippen MR) is 89.6 cm³/mol. The predicted octanol–water partition coefficient (Wildman–Crippen LogP) is 5.12. The van der Waals surface area contributed by atoms with Crippen LogP contribution in [0.4, 0.5) is 5.69 Å². The van der Waals surface area contributed by atoms with Crippen LogP contribution in [0.5, 0.6) is 0 Å². The van der Waals surface area contributed by atoms with E-state index in [0.29, 0.717) is 10.9 Å². The summed E-state index contributed by atoms with van der Waals surface area (Å²) in [5.41, 5.74) is 2.88. The van der Waals surface area contributed by atoms with Crippen LogP contribution >= 0.6 is 11.6 Å². The molecule has 0 aliphatic heterocycles. The molecule has 3 heteroatoms. The smallest absolute Gasteiger partial charge is 0.248 e. The number of nitrogens with one attached hydrogen (secondary N) is 1. The van der Waals surface area contributed by atoms with E-state index >= 15 is 0 Å². The first-order valence-corrected chi connectivity index (χ1v) is 7.27. The van der Waals surface area contributed by atoms with Gasteiger partial charge in [-0.3, -0.25) is 4.79 Å². The molecule has 1 amide bonds. The molecule has 0 heterocycles. The van der Waals surface area contributed by atoms with Crippen molar-refractivity contribution >= 4 is 29.3 Å². The maximum atomic E-state index is 12.0. The molecule has 2 aromatic rings. The molecular weight excluding hydrogens is 282 g/mol. The number of amides is 1. The lowest BCUT2D eigenvalue weighted by atomic mass is 10.0. The van der Waals surface area contributed by atoms with Gasteiger partial charge >= 0.3 is 0 Å². The van der Waals surface area contributed by atoms with Gasteiger partial charge in [0, 0.05) is 16.8 Å². The Labute approximate surface area is 130 Å². The second-order valence-corrected chi connectivity index (χ2v) is 5.56. The molecule has 0 spiro atoms. The van der Waals surface area contributed by atoms with E-state index in [1.54, 1.807) is 12.1 Å². The molecule has 0 aliphatic carbocycles. The quantitative estimate of drug-likeness (QED) is 0.780. The van der Waals surface area contributed by atoms with E-state index in [-0.39, 0.29) is 5.91 Å². The summed E-state index contributed by atoms with van der Waals surface area (Å²) >= 11 is 5.91. The number of halogens is 1. The van der Waals surface area contributed by atoms with E-state index in [1.165, 1.54) is 6.08 Å². The van der Waals surface area contributed by atoms with Crippen LogP contribution in [-0.2, 0) is 4.79 Å². The summed E-state index contributed by atoms with van der Waals surface area (Å²) in [6, 6.07) is 15.2. The molecular formula is C18H18ClNO. The zero-order chi connectivity index (χ0) is 15.2. The molecule has 2 rings (SSSR count). The lowest BCUT2D eigenvalue weighted by molar-refractivity contribution is -0.111. The highest BCUT2D eigenvalue weighted by Crippen LogP contribution is 2.23. The average molecular weight is 300 g/mol. The summed E-state index contributed by atoms with van der Waals surface area (Å²) in [5, 5.41) is 3.57. The van der Waals surface area contributed by atoms with Crippen LogP contribution in [0.2, 0.25) is 5.02 Å². The molecule has 0 saturated carbocycles. The van der Waals surface area contributed by atoms with Crippen LogP contribution in [0, 0.1) is 0 Å². The maximum absolute atomic E-state index is 12.0. The Morgan fingerprint density at radius 1 is 1.14 bits per heavy atom. The van der Waals surface area contributed by atoms with Crippen molar-refractivity contribution in [3.8, 4) is 0 Å². The second kappa shape index (κ2) is 7.09. The maximum Gasteiger partial charge on any atom is 0.248 e. The number of carbonyl (C=O) groups excluding carboxylic acids is 1. The first-order chi connectivity index (χ1) is 10.1. The number of anilines is 1. The van der Waals surface area contributed by atoms with Crippen LogP contribution in [0.15, 0.2) is 54.6 Å². The van der Waals surface area contributed by atoms with Crippen LogP contribution in [-0.4, -0.2) is 5.91 Å². The van der Waals surface area contributed by atoms with Gasteiger partial charge in [0.25, 0.3) is 0 Å². The van der Waals surface area contributed by atoms with E-state index in [1.807, 2.05) is 42.5 Å². The minimum Gasteiger partial charge on any atom is -0.322 e. The second-order valence-electron chi connectivity index (χ2n) is 5.12. The molecule has 0 radical (unpaired) electrons. The summed E-state index contributed by atoms with van der Waals surface area (Å²) in [7, 11) is 0. The van der Waals surface area contributed by atoms with Gasteiger partial charge in [-0.05, 0) is 41.3 Å². The minimum absolute atomic E-state index is 0.150. The van der Waals surface area contributed by atoms with E-state index < -0.39 is 0 Å². The number of hydrogen-bond donors (Lipinski definition) is 1. The number of para-hydroxylation sites is 1. The Morgan fingerprint density at radius 3 is 2.62 bits per heavy atom. The summed E-state index contributed by atoms with van der Waals surface area (Å²) in [6.45, 7) is 4.21. The first-order valence-electron chi connectivity index (χ1n) is 6.90. The zero-order valence-corrected chi connectivity index (χ0v) is 12.9. The minimum atomic E-state index is -0.150. The number of benzene rings is 2. The van der Waals surface area contributed by atoms with Gasteiger partial charge in [-0.2, -0.15) is 0 Å². The van der Waals surface area contributed by atoms with E-state index in [2.05, 4.69) is 19.2 Å². The summed E-state index contributed by atoms with van der Waals surface area (Å²) in [4.78, 5) is 12.0. The van der Waals surface area contributed by atoms with Gasteiger partial charge in [-0.1, -0.05) is 55.8 Å². The average Bonchev–Trinajstić information content (AvgIpc) is 2.45. The van der Waals surface area contributed by atoms with Crippen molar-refractivity contribution in [2.45, 2.75) is 19.8 Å². The Hall–Kier alpha value is -2.06. The van der Waals surface area contributed by atoms with E-state index in [0.717, 1.165) is 16.8 Å². The topological polar surface area (TPSA) is 29.1 Å². The van der Waals surface area contributed by atoms with Crippen molar-refractivity contribution in [2.75, 3.05) is 5.32 Å². The number of rotatable bonds is 4. The molecule has 0 bridgehead atoms. The lowest BCUT2D eigenvalue weighted by Crippen LogP contribution is -2.10. The standard InChI is InChI=1S/C18H18ClNO/c1-13(2)16-8-3-4-9-17(16)20-18(21)11-10-14-6-5-7-15(19)12-14/h3-13H,1-2H3,(H,20,21). The molecule has 21 heavy (non-hydrogen) atoms. The van der Waals surface area contributed by atoms with Gasteiger partial charge in [0.05, 0.1) is 0 Å². The molecule has 108 valence electrons. The van der Waals surface area contributed by atoms with Crippen LogP contribution < -0.4 is 5.32 Å². The summed E-state index contributed by atoms with van der Waals surface area (Å²) in [6.07, 6.45) is 3.27. The van der Waals surface area contributed by atoms with E-state index in [4.69, 9.17) is 11.6 Å². The zero-order valence-electron chi connectivity index (χ0n) is 12.1.